The fourth-order valence-corrected chi connectivity index (χ4v) is 4.89. The molecular formula is C28H28FN5O3. The van der Waals surface area contributed by atoms with E-state index in [4.69, 9.17) is 5.73 Å². The summed E-state index contributed by atoms with van der Waals surface area (Å²) in [5, 5.41) is 1.31. The molecule has 0 unspecified atom stereocenters. The number of rotatable bonds is 4. The molecule has 3 amide bonds. The number of carbonyl (C=O) groups is 3. The van der Waals surface area contributed by atoms with E-state index in [-0.39, 0.29) is 22.9 Å². The second-order valence-corrected chi connectivity index (χ2v) is 9.65. The van der Waals surface area contributed by atoms with Crippen LogP contribution < -0.4 is 5.73 Å². The molecule has 0 bridgehead atoms. The van der Waals surface area contributed by atoms with Crippen LogP contribution in [0.4, 0.5) is 4.39 Å². The van der Waals surface area contributed by atoms with Crippen molar-refractivity contribution in [3.8, 4) is 11.1 Å². The van der Waals surface area contributed by atoms with Crippen LogP contribution in [0.1, 0.15) is 31.1 Å². The molecule has 3 N–H and O–H groups in total. The number of amides is 3. The van der Waals surface area contributed by atoms with Gasteiger partial charge in [0, 0.05) is 73.3 Å². The summed E-state index contributed by atoms with van der Waals surface area (Å²) in [4.78, 5) is 46.6. The lowest BCUT2D eigenvalue weighted by Gasteiger charge is -2.32. The molecule has 190 valence electrons. The first-order valence-corrected chi connectivity index (χ1v) is 12.0. The molecule has 3 aromatic carbocycles. The van der Waals surface area contributed by atoms with Crippen molar-refractivity contribution >= 4 is 39.5 Å². The summed E-state index contributed by atoms with van der Waals surface area (Å²) >= 11 is 0. The Morgan fingerprint density at radius 1 is 0.919 bits per heavy atom. The van der Waals surface area contributed by atoms with Gasteiger partial charge in [-0.05, 0) is 49.0 Å². The number of halogens is 1. The fourth-order valence-electron chi connectivity index (χ4n) is 4.89. The van der Waals surface area contributed by atoms with Gasteiger partial charge in [-0.1, -0.05) is 12.1 Å². The first-order valence-electron chi connectivity index (χ1n) is 12.0. The van der Waals surface area contributed by atoms with E-state index in [1.807, 2.05) is 11.9 Å². The number of primary amides is 1. The molecule has 1 saturated heterocycles. The molecule has 0 atom stereocenters. The predicted octanol–water partition coefficient (Wildman–Crippen LogP) is 3.32. The van der Waals surface area contributed by atoms with Gasteiger partial charge in [-0.25, -0.2) is 4.39 Å². The topological polar surface area (TPSA) is 103 Å². The summed E-state index contributed by atoms with van der Waals surface area (Å²) in [5.41, 5.74) is 8.59. The zero-order chi connectivity index (χ0) is 26.4. The van der Waals surface area contributed by atoms with Crippen molar-refractivity contribution in [1.82, 2.24) is 19.7 Å². The molecule has 1 fully saturated rings. The van der Waals surface area contributed by atoms with E-state index in [9.17, 15) is 14.4 Å². The predicted molar refractivity (Wildman–Crippen MR) is 141 cm³/mol. The molecule has 0 saturated carbocycles. The normalized spacial score (nSPS) is 14.3. The van der Waals surface area contributed by atoms with E-state index < -0.39 is 11.7 Å². The second kappa shape index (κ2) is 9.33. The van der Waals surface area contributed by atoms with Gasteiger partial charge in [-0.15, -0.1) is 0 Å². The Bertz CT molecular complexity index is 1570. The number of nitrogens with one attached hydrogen (secondary N) is 1. The maximum atomic E-state index is 15.1. The minimum Gasteiger partial charge on any atom is -0.366 e. The molecule has 1 aliphatic heterocycles. The number of carbonyl (C=O) groups excluding carboxylic acids is 3. The van der Waals surface area contributed by atoms with E-state index in [1.54, 1.807) is 44.4 Å². The number of aromatic amines is 1. The standard InChI is InChI=1S/C28H28FN5O3/c1-32(2)27(36)16-5-9-22(29)21(14-16)18-7-8-20(26(30)35)25-24(18)19-6-4-17(15-23(19)31-25)28(37)34-12-10-33(3)11-13-34/h4-9,14-15,31H,10-13H2,1-3H3,(H2,30,35). The zero-order valence-corrected chi connectivity index (χ0v) is 21.0. The summed E-state index contributed by atoms with van der Waals surface area (Å²) in [5.74, 6) is -1.45. The van der Waals surface area contributed by atoms with Gasteiger partial charge in [0.2, 0.25) is 0 Å². The third kappa shape index (κ3) is 4.31. The maximum absolute atomic E-state index is 15.1. The van der Waals surface area contributed by atoms with Crippen LogP contribution in [0.3, 0.4) is 0 Å². The third-order valence-corrected chi connectivity index (χ3v) is 6.97. The van der Waals surface area contributed by atoms with Crippen LogP contribution in [-0.2, 0) is 0 Å². The fraction of sp³-hybridized carbons (Fsp3) is 0.250. The Kier molecular flexibility index (Phi) is 6.16. The van der Waals surface area contributed by atoms with Gasteiger partial charge >= 0.3 is 0 Å². The zero-order valence-electron chi connectivity index (χ0n) is 21.0. The highest BCUT2D eigenvalue weighted by atomic mass is 19.1. The van der Waals surface area contributed by atoms with Crippen LogP contribution in [0, 0.1) is 5.82 Å². The number of hydrogen-bond acceptors (Lipinski definition) is 4. The third-order valence-electron chi connectivity index (χ3n) is 6.97. The monoisotopic (exact) mass is 501 g/mol. The molecular weight excluding hydrogens is 473 g/mol. The van der Waals surface area contributed by atoms with Crippen LogP contribution in [0.2, 0.25) is 0 Å². The molecule has 1 aliphatic rings. The van der Waals surface area contributed by atoms with Crippen molar-refractivity contribution in [2.45, 2.75) is 0 Å². The number of nitrogens with two attached hydrogens (primary N) is 1. The molecule has 0 spiro atoms. The first kappa shape index (κ1) is 24.5. The average molecular weight is 502 g/mol. The number of likely N-dealkylation sites (N-methyl/N-ethyl adjacent to an activating group) is 1. The Balaban J connectivity index is 1.68. The minimum absolute atomic E-state index is 0.0649. The summed E-state index contributed by atoms with van der Waals surface area (Å²) < 4.78 is 15.1. The molecule has 1 aromatic heterocycles. The lowest BCUT2D eigenvalue weighted by Crippen LogP contribution is -2.47. The summed E-state index contributed by atoms with van der Waals surface area (Å²) in [6, 6.07) is 12.7. The first-order chi connectivity index (χ1) is 17.7. The molecule has 0 aliphatic carbocycles. The van der Waals surface area contributed by atoms with Gasteiger partial charge in [0.05, 0.1) is 11.1 Å². The highest BCUT2D eigenvalue weighted by Gasteiger charge is 2.23. The Morgan fingerprint density at radius 2 is 1.62 bits per heavy atom. The number of benzene rings is 3. The second-order valence-electron chi connectivity index (χ2n) is 9.65. The number of H-pyrrole nitrogens is 1. The lowest BCUT2D eigenvalue weighted by atomic mass is 9.95. The van der Waals surface area contributed by atoms with Gasteiger partial charge < -0.3 is 25.4 Å². The van der Waals surface area contributed by atoms with Gasteiger partial charge in [0.1, 0.15) is 5.82 Å². The van der Waals surface area contributed by atoms with Gasteiger partial charge in [0.15, 0.2) is 0 Å². The number of piperazine rings is 1. The van der Waals surface area contributed by atoms with Crippen LogP contribution in [0.25, 0.3) is 32.9 Å². The molecule has 2 heterocycles. The molecule has 4 aromatic rings. The van der Waals surface area contributed by atoms with Crippen molar-refractivity contribution in [2.75, 3.05) is 47.3 Å². The highest BCUT2D eigenvalue weighted by Crippen LogP contribution is 2.38. The van der Waals surface area contributed by atoms with Gasteiger partial charge in [0.25, 0.3) is 17.7 Å². The van der Waals surface area contributed by atoms with E-state index >= 15 is 4.39 Å². The van der Waals surface area contributed by atoms with Crippen LogP contribution in [-0.4, -0.2) is 84.7 Å². The van der Waals surface area contributed by atoms with Crippen molar-refractivity contribution in [3.05, 3.63) is 71.0 Å². The summed E-state index contributed by atoms with van der Waals surface area (Å²) in [6.45, 7) is 2.92. The van der Waals surface area contributed by atoms with E-state index in [0.29, 0.717) is 51.6 Å². The van der Waals surface area contributed by atoms with E-state index in [0.717, 1.165) is 13.1 Å². The number of hydrogen-bond donors (Lipinski definition) is 2. The maximum Gasteiger partial charge on any atom is 0.254 e. The van der Waals surface area contributed by atoms with Crippen molar-refractivity contribution < 1.29 is 18.8 Å². The molecule has 0 radical (unpaired) electrons. The molecule has 37 heavy (non-hydrogen) atoms. The van der Waals surface area contributed by atoms with Crippen LogP contribution >= 0.6 is 0 Å². The summed E-state index contributed by atoms with van der Waals surface area (Å²) in [6.07, 6.45) is 0. The molecule has 9 heteroatoms. The number of nitrogens with zero attached hydrogens (tertiary/aromatic N) is 3. The SMILES string of the molecule is CN1CCN(C(=O)c2ccc3c(c2)[nH]c2c(C(N)=O)ccc(-c4cc(C(=O)N(C)C)ccc4F)c23)CC1. The minimum atomic E-state index is -0.631. The number of aromatic nitrogens is 1. The Morgan fingerprint density at radius 3 is 2.30 bits per heavy atom. The smallest absolute Gasteiger partial charge is 0.254 e. The van der Waals surface area contributed by atoms with Crippen molar-refractivity contribution in [2.24, 2.45) is 5.73 Å². The van der Waals surface area contributed by atoms with Crippen LogP contribution in [0.15, 0.2) is 48.5 Å². The average Bonchev–Trinajstić information content (AvgIpc) is 3.26. The highest BCUT2D eigenvalue weighted by molar-refractivity contribution is 6.20. The van der Waals surface area contributed by atoms with Crippen LogP contribution in [0.5, 0.6) is 0 Å². The van der Waals surface area contributed by atoms with Gasteiger partial charge in [-0.2, -0.15) is 0 Å². The number of fused-ring (bicyclic) bond motifs is 3. The summed E-state index contributed by atoms with van der Waals surface area (Å²) in [7, 11) is 5.29. The molecule has 8 nitrogen and oxygen atoms in total. The quantitative estimate of drug-likeness (QED) is 0.448. The Labute approximate surface area is 213 Å². The van der Waals surface area contributed by atoms with Crippen molar-refractivity contribution in [1.29, 1.82) is 0 Å². The van der Waals surface area contributed by atoms with E-state index in [1.165, 1.54) is 23.1 Å². The van der Waals surface area contributed by atoms with Crippen molar-refractivity contribution in [3.63, 3.8) is 0 Å². The van der Waals surface area contributed by atoms with Gasteiger partial charge in [-0.3, -0.25) is 14.4 Å². The Hall–Kier alpha value is -4.24. The largest absolute Gasteiger partial charge is 0.366 e. The molecule has 5 rings (SSSR count). The lowest BCUT2D eigenvalue weighted by molar-refractivity contribution is 0.0664. The van der Waals surface area contributed by atoms with E-state index in [2.05, 4.69) is 9.88 Å².